The summed E-state index contributed by atoms with van der Waals surface area (Å²) in [6, 6.07) is -0.0113. The molecular formula is C12H21F3N2O. The fraction of sp³-hybridized carbons (Fsp3) is 0.917. The van der Waals surface area contributed by atoms with Gasteiger partial charge in [0.25, 0.3) is 0 Å². The lowest BCUT2D eigenvalue weighted by atomic mass is 9.81. The molecule has 3 nitrogen and oxygen atoms in total. The molecule has 1 saturated carbocycles. The molecule has 0 bridgehead atoms. The normalized spacial score (nSPS) is 26.7. The van der Waals surface area contributed by atoms with Gasteiger partial charge in [-0.2, -0.15) is 13.2 Å². The van der Waals surface area contributed by atoms with Gasteiger partial charge in [0, 0.05) is 12.0 Å². The fourth-order valence-corrected chi connectivity index (χ4v) is 2.37. The minimum atomic E-state index is -4.12. The van der Waals surface area contributed by atoms with Crippen LogP contribution in [0.4, 0.5) is 13.2 Å². The van der Waals surface area contributed by atoms with Gasteiger partial charge in [0.2, 0.25) is 5.91 Å². The number of nitrogens with two attached hydrogens (primary N) is 1. The number of halogens is 3. The summed E-state index contributed by atoms with van der Waals surface area (Å²) in [5.41, 5.74) is 5.37. The summed E-state index contributed by atoms with van der Waals surface area (Å²) < 4.78 is 37.4. The molecule has 1 atom stereocenters. The van der Waals surface area contributed by atoms with E-state index in [0.717, 1.165) is 0 Å². The molecular weight excluding hydrogens is 245 g/mol. The first kappa shape index (κ1) is 15.3. The Morgan fingerprint density at radius 3 is 2.33 bits per heavy atom. The predicted octanol–water partition coefficient (Wildman–Crippen LogP) is 2.21. The molecule has 106 valence electrons. The van der Waals surface area contributed by atoms with Crippen LogP contribution in [0.15, 0.2) is 0 Å². The summed E-state index contributed by atoms with van der Waals surface area (Å²) in [5.74, 6) is -1.64. The van der Waals surface area contributed by atoms with E-state index in [1.54, 1.807) is 0 Å². The molecule has 1 aliphatic rings. The lowest BCUT2D eigenvalue weighted by molar-refractivity contribution is -0.184. The molecule has 3 N–H and O–H groups in total. The molecule has 18 heavy (non-hydrogen) atoms. The molecule has 1 amide bonds. The van der Waals surface area contributed by atoms with Crippen LogP contribution in [-0.4, -0.2) is 24.7 Å². The van der Waals surface area contributed by atoms with E-state index in [2.05, 4.69) is 5.32 Å². The maximum Gasteiger partial charge on any atom is 0.391 e. The van der Waals surface area contributed by atoms with Crippen LogP contribution in [-0.2, 0) is 4.79 Å². The Labute approximate surface area is 105 Å². The van der Waals surface area contributed by atoms with Crippen LogP contribution in [0.3, 0.4) is 0 Å². The van der Waals surface area contributed by atoms with Gasteiger partial charge in [-0.3, -0.25) is 4.79 Å². The van der Waals surface area contributed by atoms with Crippen LogP contribution in [0.5, 0.6) is 0 Å². The largest absolute Gasteiger partial charge is 0.391 e. The summed E-state index contributed by atoms with van der Waals surface area (Å²) in [5, 5.41) is 2.80. The molecule has 1 unspecified atom stereocenters. The zero-order valence-corrected chi connectivity index (χ0v) is 10.6. The highest BCUT2D eigenvalue weighted by Crippen LogP contribution is 2.39. The Hall–Kier alpha value is -0.780. The summed E-state index contributed by atoms with van der Waals surface area (Å²) in [6.45, 7) is 2.34. The second-order valence-corrected chi connectivity index (χ2v) is 5.08. The standard InChI is InChI=1S/C12H21F3N2O/c1-8(6-7-16)17-11(18)9-2-4-10(5-3-9)12(13,14)15/h8-10H,2-7,16H2,1H3,(H,17,18). The lowest BCUT2D eigenvalue weighted by Gasteiger charge is -2.29. The molecule has 0 spiro atoms. The molecule has 0 aromatic heterocycles. The van der Waals surface area contributed by atoms with Gasteiger partial charge in [-0.25, -0.2) is 0 Å². The third-order valence-electron chi connectivity index (χ3n) is 3.55. The van der Waals surface area contributed by atoms with Gasteiger partial charge in [-0.1, -0.05) is 0 Å². The maximum absolute atomic E-state index is 12.5. The van der Waals surface area contributed by atoms with Crippen molar-refractivity contribution in [1.82, 2.24) is 5.32 Å². The van der Waals surface area contributed by atoms with Gasteiger partial charge in [-0.15, -0.1) is 0 Å². The second kappa shape index (κ2) is 6.41. The van der Waals surface area contributed by atoms with Crippen LogP contribution >= 0.6 is 0 Å². The molecule has 0 aliphatic heterocycles. The van der Waals surface area contributed by atoms with Gasteiger partial charge >= 0.3 is 6.18 Å². The van der Waals surface area contributed by atoms with E-state index in [4.69, 9.17) is 5.73 Å². The monoisotopic (exact) mass is 266 g/mol. The zero-order chi connectivity index (χ0) is 13.8. The van der Waals surface area contributed by atoms with Gasteiger partial charge in [0.1, 0.15) is 0 Å². The average molecular weight is 266 g/mol. The highest BCUT2D eigenvalue weighted by molar-refractivity contribution is 5.78. The van der Waals surface area contributed by atoms with E-state index in [1.807, 2.05) is 6.92 Å². The van der Waals surface area contributed by atoms with Crippen molar-refractivity contribution in [1.29, 1.82) is 0 Å². The molecule has 1 aliphatic carbocycles. The number of rotatable bonds is 4. The van der Waals surface area contributed by atoms with Crippen molar-refractivity contribution in [2.24, 2.45) is 17.6 Å². The number of carbonyl (C=O) groups is 1. The van der Waals surface area contributed by atoms with Crippen molar-refractivity contribution < 1.29 is 18.0 Å². The van der Waals surface area contributed by atoms with Crippen LogP contribution in [0.2, 0.25) is 0 Å². The summed E-state index contributed by atoms with van der Waals surface area (Å²) in [6.07, 6.45) is -2.66. The molecule has 0 aromatic carbocycles. The third kappa shape index (κ3) is 4.48. The van der Waals surface area contributed by atoms with Crippen LogP contribution in [0, 0.1) is 11.8 Å². The fourth-order valence-electron chi connectivity index (χ4n) is 2.37. The summed E-state index contributed by atoms with van der Waals surface area (Å²) >= 11 is 0. The maximum atomic E-state index is 12.5. The predicted molar refractivity (Wildman–Crippen MR) is 62.8 cm³/mol. The van der Waals surface area contributed by atoms with E-state index in [1.165, 1.54) is 0 Å². The smallest absolute Gasteiger partial charge is 0.353 e. The zero-order valence-electron chi connectivity index (χ0n) is 10.6. The number of hydrogen-bond acceptors (Lipinski definition) is 2. The van der Waals surface area contributed by atoms with Crippen LogP contribution < -0.4 is 11.1 Å². The second-order valence-electron chi connectivity index (χ2n) is 5.08. The number of carbonyl (C=O) groups excluding carboxylic acids is 1. The topological polar surface area (TPSA) is 55.1 Å². The quantitative estimate of drug-likeness (QED) is 0.819. The number of hydrogen-bond donors (Lipinski definition) is 2. The molecule has 0 radical (unpaired) electrons. The van der Waals surface area contributed by atoms with Crippen molar-refractivity contribution in [3.05, 3.63) is 0 Å². The van der Waals surface area contributed by atoms with E-state index in [9.17, 15) is 18.0 Å². The molecule has 0 aromatic rings. The minimum Gasteiger partial charge on any atom is -0.353 e. The first-order valence-corrected chi connectivity index (χ1v) is 6.41. The Morgan fingerprint density at radius 2 is 1.89 bits per heavy atom. The van der Waals surface area contributed by atoms with E-state index in [0.29, 0.717) is 25.8 Å². The average Bonchev–Trinajstić information content (AvgIpc) is 2.28. The molecule has 1 rings (SSSR count). The lowest BCUT2D eigenvalue weighted by Crippen LogP contribution is -2.40. The highest BCUT2D eigenvalue weighted by atomic mass is 19.4. The number of alkyl halides is 3. The summed E-state index contributed by atoms with van der Waals surface area (Å²) in [4.78, 5) is 11.8. The Balaban J connectivity index is 2.36. The Morgan fingerprint density at radius 1 is 1.33 bits per heavy atom. The first-order valence-electron chi connectivity index (χ1n) is 6.41. The Kier molecular flexibility index (Phi) is 5.44. The van der Waals surface area contributed by atoms with Gasteiger partial charge < -0.3 is 11.1 Å². The molecule has 0 heterocycles. The van der Waals surface area contributed by atoms with E-state index in [-0.39, 0.29) is 30.7 Å². The molecule has 0 saturated heterocycles. The summed E-state index contributed by atoms with van der Waals surface area (Å²) in [7, 11) is 0. The minimum absolute atomic E-state index is 0.0113. The number of nitrogens with one attached hydrogen (secondary N) is 1. The Bertz CT molecular complexity index is 273. The van der Waals surface area contributed by atoms with Crippen LogP contribution in [0.25, 0.3) is 0 Å². The van der Waals surface area contributed by atoms with Gasteiger partial charge in [0.15, 0.2) is 0 Å². The SMILES string of the molecule is CC(CCN)NC(=O)C1CCC(C(F)(F)F)CC1. The van der Waals surface area contributed by atoms with Gasteiger partial charge in [-0.05, 0) is 45.6 Å². The van der Waals surface area contributed by atoms with Crippen molar-refractivity contribution >= 4 is 5.91 Å². The van der Waals surface area contributed by atoms with E-state index >= 15 is 0 Å². The van der Waals surface area contributed by atoms with E-state index < -0.39 is 12.1 Å². The molecule has 6 heteroatoms. The first-order chi connectivity index (χ1) is 8.34. The van der Waals surface area contributed by atoms with Gasteiger partial charge in [0.05, 0.1) is 5.92 Å². The van der Waals surface area contributed by atoms with Crippen molar-refractivity contribution in [3.8, 4) is 0 Å². The van der Waals surface area contributed by atoms with Crippen molar-refractivity contribution in [2.75, 3.05) is 6.54 Å². The molecule has 1 fully saturated rings. The highest BCUT2D eigenvalue weighted by Gasteiger charge is 2.42. The van der Waals surface area contributed by atoms with Crippen molar-refractivity contribution in [2.45, 2.75) is 51.2 Å². The third-order valence-corrected chi connectivity index (χ3v) is 3.55. The van der Waals surface area contributed by atoms with Crippen molar-refractivity contribution in [3.63, 3.8) is 0 Å². The van der Waals surface area contributed by atoms with Crippen LogP contribution in [0.1, 0.15) is 39.0 Å². The number of amides is 1.